The summed E-state index contributed by atoms with van der Waals surface area (Å²) in [6.45, 7) is -0.168. The van der Waals surface area contributed by atoms with Crippen molar-refractivity contribution in [3.05, 3.63) is 81.8 Å². The quantitative estimate of drug-likeness (QED) is 0.229. The van der Waals surface area contributed by atoms with Crippen LogP contribution in [0.1, 0.15) is 15.9 Å². The standard InChI is InChI=1S/C23H16Cl2N2O6/c24-16-5-7-19(18(25)10-16)30-12-22(28)27-26-11-14-2-1-3-17(8-14)33-23(29)15-4-6-20-21(9-15)32-13-31-20/h1-11H,12-13H2,(H,27,28). The van der Waals surface area contributed by atoms with Crippen LogP contribution in [0.25, 0.3) is 0 Å². The number of hydrazone groups is 1. The molecule has 168 valence electrons. The Kier molecular flexibility index (Phi) is 6.97. The molecule has 4 rings (SSSR count). The summed E-state index contributed by atoms with van der Waals surface area (Å²) in [4.78, 5) is 24.3. The molecule has 0 unspecified atom stereocenters. The van der Waals surface area contributed by atoms with Crippen LogP contribution in [0, 0.1) is 0 Å². The van der Waals surface area contributed by atoms with Gasteiger partial charge in [0.05, 0.1) is 16.8 Å². The smallest absolute Gasteiger partial charge is 0.343 e. The van der Waals surface area contributed by atoms with Gasteiger partial charge in [0.15, 0.2) is 18.1 Å². The molecular formula is C23H16Cl2N2O6. The molecule has 3 aromatic carbocycles. The summed E-state index contributed by atoms with van der Waals surface area (Å²) in [5.41, 5.74) is 3.27. The largest absolute Gasteiger partial charge is 0.482 e. The molecule has 3 aromatic rings. The zero-order valence-corrected chi connectivity index (χ0v) is 18.4. The van der Waals surface area contributed by atoms with Gasteiger partial charge in [0.1, 0.15) is 11.5 Å². The molecule has 10 heteroatoms. The van der Waals surface area contributed by atoms with Gasteiger partial charge in [-0.2, -0.15) is 5.10 Å². The van der Waals surface area contributed by atoms with Gasteiger partial charge in [0, 0.05) is 5.02 Å². The van der Waals surface area contributed by atoms with Crippen LogP contribution in [0.5, 0.6) is 23.0 Å². The molecule has 0 spiro atoms. The number of nitrogens with one attached hydrogen (secondary N) is 1. The van der Waals surface area contributed by atoms with Crippen molar-refractivity contribution in [2.45, 2.75) is 0 Å². The average molecular weight is 487 g/mol. The van der Waals surface area contributed by atoms with Gasteiger partial charge in [-0.15, -0.1) is 0 Å². The first-order valence-electron chi connectivity index (χ1n) is 9.59. The fraction of sp³-hybridized carbons (Fsp3) is 0.0870. The number of halogens is 2. The van der Waals surface area contributed by atoms with E-state index in [1.54, 1.807) is 54.6 Å². The number of ether oxygens (including phenoxy) is 4. The molecular weight excluding hydrogens is 471 g/mol. The maximum atomic E-state index is 12.4. The van der Waals surface area contributed by atoms with Crippen molar-refractivity contribution < 1.29 is 28.5 Å². The number of esters is 1. The number of benzene rings is 3. The van der Waals surface area contributed by atoms with E-state index >= 15 is 0 Å². The Bertz CT molecular complexity index is 1230. The van der Waals surface area contributed by atoms with Crippen LogP contribution in [0.2, 0.25) is 10.0 Å². The van der Waals surface area contributed by atoms with E-state index in [-0.39, 0.29) is 13.4 Å². The summed E-state index contributed by atoms with van der Waals surface area (Å²) in [5, 5.41) is 4.64. The highest BCUT2D eigenvalue weighted by molar-refractivity contribution is 6.35. The molecule has 33 heavy (non-hydrogen) atoms. The molecule has 0 atom stereocenters. The summed E-state index contributed by atoms with van der Waals surface area (Å²) >= 11 is 11.8. The Balaban J connectivity index is 1.30. The monoisotopic (exact) mass is 486 g/mol. The van der Waals surface area contributed by atoms with Gasteiger partial charge < -0.3 is 18.9 Å². The molecule has 0 bridgehead atoms. The highest BCUT2D eigenvalue weighted by atomic mass is 35.5. The normalized spacial score (nSPS) is 11.9. The highest BCUT2D eigenvalue weighted by Crippen LogP contribution is 2.33. The van der Waals surface area contributed by atoms with Gasteiger partial charge in [0.2, 0.25) is 6.79 Å². The van der Waals surface area contributed by atoms with E-state index in [0.717, 1.165) is 0 Å². The number of hydrogen-bond acceptors (Lipinski definition) is 7. The van der Waals surface area contributed by atoms with Crippen molar-refractivity contribution in [1.82, 2.24) is 5.43 Å². The van der Waals surface area contributed by atoms with E-state index in [0.29, 0.717) is 44.2 Å². The zero-order valence-electron chi connectivity index (χ0n) is 16.9. The van der Waals surface area contributed by atoms with E-state index in [1.807, 2.05) is 0 Å². The van der Waals surface area contributed by atoms with Gasteiger partial charge in [-0.1, -0.05) is 35.3 Å². The van der Waals surface area contributed by atoms with Crippen molar-refractivity contribution in [2.75, 3.05) is 13.4 Å². The number of amides is 1. The van der Waals surface area contributed by atoms with Crippen LogP contribution in [-0.2, 0) is 4.79 Å². The molecule has 1 N–H and O–H groups in total. The van der Waals surface area contributed by atoms with Crippen molar-refractivity contribution in [1.29, 1.82) is 0 Å². The second-order valence-corrected chi connectivity index (χ2v) is 7.53. The highest BCUT2D eigenvalue weighted by Gasteiger charge is 2.17. The van der Waals surface area contributed by atoms with E-state index in [1.165, 1.54) is 12.3 Å². The number of fused-ring (bicyclic) bond motifs is 1. The molecule has 0 saturated heterocycles. The number of hydrogen-bond donors (Lipinski definition) is 1. The van der Waals surface area contributed by atoms with Crippen molar-refractivity contribution in [2.24, 2.45) is 5.10 Å². The molecule has 1 aliphatic rings. The average Bonchev–Trinajstić information content (AvgIpc) is 3.27. The fourth-order valence-corrected chi connectivity index (χ4v) is 3.26. The van der Waals surface area contributed by atoms with Gasteiger partial charge in [-0.3, -0.25) is 4.79 Å². The summed E-state index contributed by atoms with van der Waals surface area (Å²) in [6.07, 6.45) is 1.41. The Morgan fingerprint density at radius 3 is 2.73 bits per heavy atom. The minimum Gasteiger partial charge on any atom is -0.482 e. The third kappa shape index (κ3) is 5.94. The Morgan fingerprint density at radius 1 is 1.03 bits per heavy atom. The summed E-state index contributed by atoms with van der Waals surface area (Å²) in [5.74, 6) is 0.680. The predicted molar refractivity (Wildman–Crippen MR) is 122 cm³/mol. The van der Waals surface area contributed by atoms with Crippen LogP contribution >= 0.6 is 23.2 Å². The molecule has 0 aromatic heterocycles. The lowest BCUT2D eigenvalue weighted by molar-refractivity contribution is -0.123. The molecule has 8 nitrogen and oxygen atoms in total. The lowest BCUT2D eigenvalue weighted by Gasteiger charge is -2.07. The fourth-order valence-electron chi connectivity index (χ4n) is 2.79. The van der Waals surface area contributed by atoms with Crippen LogP contribution in [0.15, 0.2) is 65.8 Å². The van der Waals surface area contributed by atoms with E-state index in [9.17, 15) is 9.59 Å². The van der Waals surface area contributed by atoms with Crippen LogP contribution in [0.3, 0.4) is 0 Å². The third-order valence-corrected chi connectivity index (χ3v) is 4.86. The van der Waals surface area contributed by atoms with Crippen molar-refractivity contribution in [3.8, 4) is 23.0 Å². The molecule has 0 radical (unpaired) electrons. The maximum Gasteiger partial charge on any atom is 0.343 e. The molecule has 0 saturated carbocycles. The SMILES string of the molecule is O=C(COc1ccc(Cl)cc1Cl)NN=Cc1cccc(OC(=O)c2ccc3c(c2)OCO3)c1. The molecule has 0 fully saturated rings. The Labute approximate surface area is 198 Å². The summed E-state index contributed by atoms with van der Waals surface area (Å²) in [7, 11) is 0. The zero-order chi connectivity index (χ0) is 23.2. The number of carbonyl (C=O) groups excluding carboxylic acids is 2. The number of carbonyl (C=O) groups is 2. The minimum atomic E-state index is -0.547. The van der Waals surface area contributed by atoms with Gasteiger partial charge in [0.25, 0.3) is 5.91 Å². The Morgan fingerprint density at radius 2 is 1.88 bits per heavy atom. The second kappa shape index (κ2) is 10.2. The summed E-state index contributed by atoms with van der Waals surface area (Å²) < 4.78 is 21.3. The van der Waals surface area contributed by atoms with Crippen LogP contribution < -0.4 is 24.4 Å². The topological polar surface area (TPSA) is 95.5 Å². The second-order valence-electron chi connectivity index (χ2n) is 6.69. The first-order valence-corrected chi connectivity index (χ1v) is 10.4. The first kappa shape index (κ1) is 22.4. The van der Waals surface area contributed by atoms with E-state index in [4.69, 9.17) is 42.1 Å². The molecule has 0 aliphatic carbocycles. The van der Waals surface area contributed by atoms with Gasteiger partial charge in [-0.25, -0.2) is 10.2 Å². The first-order chi connectivity index (χ1) is 16.0. The molecule has 1 amide bonds. The van der Waals surface area contributed by atoms with Crippen molar-refractivity contribution >= 4 is 41.3 Å². The number of rotatable bonds is 7. The molecule has 1 heterocycles. The maximum absolute atomic E-state index is 12.4. The van der Waals surface area contributed by atoms with Crippen LogP contribution in [0.4, 0.5) is 0 Å². The van der Waals surface area contributed by atoms with E-state index < -0.39 is 11.9 Å². The predicted octanol–water partition coefficient (Wildman–Crippen LogP) is 4.47. The van der Waals surface area contributed by atoms with Gasteiger partial charge >= 0.3 is 5.97 Å². The third-order valence-electron chi connectivity index (χ3n) is 4.33. The lowest BCUT2D eigenvalue weighted by Crippen LogP contribution is -2.24. The lowest BCUT2D eigenvalue weighted by atomic mass is 10.2. The molecule has 1 aliphatic heterocycles. The van der Waals surface area contributed by atoms with Crippen LogP contribution in [-0.4, -0.2) is 31.5 Å². The summed E-state index contributed by atoms with van der Waals surface area (Å²) in [6, 6.07) is 16.1. The minimum absolute atomic E-state index is 0.118. The van der Waals surface area contributed by atoms with Gasteiger partial charge in [-0.05, 0) is 54.1 Å². The van der Waals surface area contributed by atoms with Crippen molar-refractivity contribution in [3.63, 3.8) is 0 Å². The van der Waals surface area contributed by atoms with E-state index in [2.05, 4.69) is 10.5 Å². The number of nitrogens with zero attached hydrogens (tertiary/aromatic N) is 1. The Hall–Kier alpha value is -3.75.